The van der Waals surface area contributed by atoms with Crippen LogP contribution < -0.4 is 14.8 Å². The highest BCUT2D eigenvalue weighted by Gasteiger charge is 2.54. The van der Waals surface area contributed by atoms with Crippen molar-refractivity contribution in [2.45, 2.75) is 91.0 Å². The summed E-state index contributed by atoms with van der Waals surface area (Å²) in [5.41, 5.74) is 0.799. The number of likely N-dealkylation sites (tertiary alicyclic amines) is 1. The largest absolute Gasteiger partial charge is 0.493 e. The number of nitrogens with one attached hydrogen (secondary N) is 1. The van der Waals surface area contributed by atoms with E-state index in [1.807, 2.05) is 24.0 Å². The van der Waals surface area contributed by atoms with Crippen LogP contribution in [0.3, 0.4) is 0 Å². The second-order valence-electron chi connectivity index (χ2n) is 10.6. The number of fused-ring (bicyclic) bond motifs is 1. The van der Waals surface area contributed by atoms with E-state index in [-0.39, 0.29) is 30.8 Å². The molecular formula is C31H46N2O6. The van der Waals surface area contributed by atoms with Gasteiger partial charge in [0.2, 0.25) is 11.8 Å². The van der Waals surface area contributed by atoms with Crippen molar-refractivity contribution in [3.05, 3.63) is 35.5 Å². The molecule has 0 spiro atoms. The molecule has 1 fully saturated rings. The number of unbranched alkanes of at least 4 members (excludes halogenated alkanes) is 5. The summed E-state index contributed by atoms with van der Waals surface area (Å²) >= 11 is 0. The monoisotopic (exact) mass is 542 g/mol. The first-order valence-electron chi connectivity index (χ1n) is 14.6. The van der Waals surface area contributed by atoms with Crippen LogP contribution in [-0.2, 0) is 25.7 Å². The van der Waals surface area contributed by atoms with E-state index >= 15 is 0 Å². The summed E-state index contributed by atoms with van der Waals surface area (Å²) < 4.78 is 16.2. The summed E-state index contributed by atoms with van der Waals surface area (Å²) in [6, 6.07) is 5.48. The van der Waals surface area contributed by atoms with Gasteiger partial charge in [-0.05, 0) is 56.7 Å². The van der Waals surface area contributed by atoms with Crippen molar-refractivity contribution in [2.75, 3.05) is 27.4 Å². The maximum Gasteiger partial charge on any atom is 0.318 e. The first-order chi connectivity index (χ1) is 18.9. The van der Waals surface area contributed by atoms with Gasteiger partial charge in [0.1, 0.15) is 5.41 Å². The van der Waals surface area contributed by atoms with Gasteiger partial charge < -0.3 is 24.4 Å². The molecule has 1 aromatic carbocycles. The Morgan fingerprint density at radius 2 is 1.79 bits per heavy atom. The molecule has 0 unspecified atom stereocenters. The predicted octanol–water partition coefficient (Wildman–Crippen LogP) is 5.54. The van der Waals surface area contributed by atoms with Gasteiger partial charge in [0.25, 0.3) is 0 Å². The fourth-order valence-electron chi connectivity index (χ4n) is 5.88. The molecule has 39 heavy (non-hydrogen) atoms. The molecule has 3 rings (SSSR count). The summed E-state index contributed by atoms with van der Waals surface area (Å²) in [4.78, 5) is 42.0. The molecule has 1 N–H and O–H groups in total. The van der Waals surface area contributed by atoms with Crippen molar-refractivity contribution in [3.63, 3.8) is 0 Å². The van der Waals surface area contributed by atoms with Crippen LogP contribution in [0, 0.1) is 11.3 Å². The average molecular weight is 543 g/mol. The van der Waals surface area contributed by atoms with Crippen molar-refractivity contribution in [2.24, 2.45) is 11.3 Å². The number of nitrogens with zero attached hydrogens (tertiary/aromatic N) is 1. The van der Waals surface area contributed by atoms with Crippen molar-refractivity contribution in [1.82, 2.24) is 10.2 Å². The molecule has 1 aromatic rings. The molecule has 1 heterocycles. The minimum absolute atomic E-state index is 0.0353. The quantitative estimate of drug-likeness (QED) is 0.231. The van der Waals surface area contributed by atoms with Gasteiger partial charge in [-0.25, -0.2) is 0 Å². The number of methoxy groups -OCH3 is 2. The summed E-state index contributed by atoms with van der Waals surface area (Å²) in [5.74, 6) is 0.0848. The van der Waals surface area contributed by atoms with Crippen LogP contribution in [0.2, 0.25) is 0 Å². The zero-order valence-electron chi connectivity index (χ0n) is 24.2. The Bertz CT molecular complexity index is 1020. The maximum absolute atomic E-state index is 13.8. The molecule has 2 amide bonds. The zero-order chi connectivity index (χ0) is 28.3. The maximum atomic E-state index is 13.8. The first-order valence-corrected chi connectivity index (χ1v) is 14.6. The van der Waals surface area contributed by atoms with Crippen LogP contribution in [0.25, 0.3) is 0 Å². The number of esters is 1. The highest BCUT2D eigenvalue weighted by atomic mass is 16.5. The first kappa shape index (κ1) is 30.5. The molecule has 8 heteroatoms. The molecule has 0 aromatic heterocycles. The summed E-state index contributed by atoms with van der Waals surface area (Å²) in [5, 5.41) is 2.94. The van der Waals surface area contributed by atoms with E-state index in [4.69, 9.17) is 14.2 Å². The van der Waals surface area contributed by atoms with E-state index in [1.165, 1.54) is 19.3 Å². The van der Waals surface area contributed by atoms with E-state index in [0.717, 1.165) is 43.4 Å². The smallest absolute Gasteiger partial charge is 0.318 e. The number of piperidine rings is 1. The molecule has 2 atom stereocenters. The average Bonchev–Trinajstić information content (AvgIpc) is 2.95. The fourth-order valence-corrected chi connectivity index (χ4v) is 5.88. The van der Waals surface area contributed by atoms with Crippen molar-refractivity contribution < 1.29 is 28.6 Å². The lowest BCUT2D eigenvalue weighted by Gasteiger charge is -2.48. The number of allylic oxidation sites excluding steroid dienone is 1. The fraction of sp³-hybridized carbons (Fsp3) is 0.645. The molecule has 1 aliphatic carbocycles. The van der Waals surface area contributed by atoms with E-state index in [9.17, 15) is 14.4 Å². The number of carbonyl (C=O) groups is 3. The Kier molecular flexibility index (Phi) is 11.7. The molecule has 1 saturated heterocycles. The number of amides is 2. The topological polar surface area (TPSA) is 94.2 Å². The van der Waals surface area contributed by atoms with Gasteiger partial charge in [-0.1, -0.05) is 51.2 Å². The summed E-state index contributed by atoms with van der Waals surface area (Å²) in [6.07, 6.45) is 11.4. The van der Waals surface area contributed by atoms with Crippen LogP contribution in [0.15, 0.2) is 30.0 Å². The highest BCUT2D eigenvalue weighted by molar-refractivity contribution is 5.92. The Labute approximate surface area is 233 Å². The molecule has 2 aliphatic rings. The predicted molar refractivity (Wildman–Crippen MR) is 150 cm³/mol. The highest BCUT2D eigenvalue weighted by Crippen LogP contribution is 2.50. The van der Waals surface area contributed by atoms with Gasteiger partial charge in [-0.15, -0.1) is 0 Å². The van der Waals surface area contributed by atoms with Crippen molar-refractivity contribution in [3.8, 4) is 11.5 Å². The van der Waals surface area contributed by atoms with Gasteiger partial charge >= 0.3 is 5.97 Å². The van der Waals surface area contributed by atoms with E-state index in [1.54, 1.807) is 20.3 Å². The van der Waals surface area contributed by atoms with E-state index in [2.05, 4.69) is 18.3 Å². The minimum Gasteiger partial charge on any atom is -0.493 e. The third-order valence-electron chi connectivity index (χ3n) is 7.91. The second kappa shape index (κ2) is 14.9. The number of benzene rings is 1. The molecule has 0 saturated carbocycles. The molecule has 1 aliphatic heterocycles. The van der Waals surface area contributed by atoms with E-state index in [0.29, 0.717) is 37.4 Å². The van der Waals surface area contributed by atoms with Crippen LogP contribution >= 0.6 is 0 Å². The van der Waals surface area contributed by atoms with Gasteiger partial charge in [-0.2, -0.15) is 0 Å². The molecular weight excluding hydrogens is 496 g/mol. The third-order valence-corrected chi connectivity index (χ3v) is 7.91. The number of ether oxygens (including phenoxy) is 3. The molecule has 8 nitrogen and oxygen atoms in total. The standard InChI is InChI=1S/C31H46N2O6/c1-5-7-8-9-10-13-18-33-27-14-11-12-17-31(27,30(36)39-6-2)21-24(29(33)35)20-28(34)32-22-23-15-16-25(37-3)26(19-23)38-4/h14-16,19,24H,5-13,17-18,20-22H2,1-4H3,(H,32,34)/t24-,31+/m1/s1. The van der Waals surface area contributed by atoms with Crippen molar-refractivity contribution in [1.29, 1.82) is 0 Å². The second-order valence-corrected chi connectivity index (χ2v) is 10.6. The Balaban J connectivity index is 1.73. The number of hydrogen-bond acceptors (Lipinski definition) is 6. The Morgan fingerprint density at radius 1 is 1.05 bits per heavy atom. The number of hydrogen-bond donors (Lipinski definition) is 1. The Morgan fingerprint density at radius 3 is 2.51 bits per heavy atom. The van der Waals surface area contributed by atoms with Gasteiger partial charge in [0, 0.05) is 31.1 Å². The summed E-state index contributed by atoms with van der Waals surface area (Å²) in [7, 11) is 3.14. The third kappa shape index (κ3) is 7.55. The summed E-state index contributed by atoms with van der Waals surface area (Å²) in [6.45, 7) is 5.16. The van der Waals surface area contributed by atoms with Crippen LogP contribution in [0.1, 0.15) is 90.0 Å². The molecule has 216 valence electrons. The zero-order valence-corrected chi connectivity index (χ0v) is 24.2. The minimum atomic E-state index is -0.862. The Hall–Kier alpha value is -3.03. The SMILES string of the molecule is CCCCCCCCN1C(=O)[C@H](CC(=O)NCc2ccc(OC)c(OC)c2)C[C@@]2(C(=O)OCC)CCCC=C12. The van der Waals surface area contributed by atoms with Crippen LogP contribution in [0.5, 0.6) is 11.5 Å². The van der Waals surface area contributed by atoms with Gasteiger partial charge in [-0.3, -0.25) is 14.4 Å². The lowest BCUT2D eigenvalue weighted by molar-refractivity contribution is -0.162. The van der Waals surface area contributed by atoms with Gasteiger partial charge in [0.15, 0.2) is 11.5 Å². The number of rotatable bonds is 15. The molecule has 0 bridgehead atoms. The normalized spacial score (nSPS) is 20.6. The molecule has 0 radical (unpaired) electrons. The number of carbonyl (C=O) groups excluding carboxylic acids is 3. The van der Waals surface area contributed by atoms with Crippen LogP contribution in [0.4, 0.5) is 0 Å². The lowest BCUT2D eigenvalue weighted by Crippen LogP contribution is -2.54. The van der Waals surface area contributed by atoms with Crippen molar-refractivity contribution >= 4 is 17.8 Å². The van der Waals surface area contributed by atoms with Crippen LogP contribution in [-0.4, -0.2) is 50.1 Å². The lowest BCUT2D eigenvalue weighted by atomic mass is 9.66. The van der Waals surface area contributed by atoms with E-state index < -0.39 is 11.3 Å². The van der Waals surface area contributed by atoms with Gasteiger partial charge in [0.05, 0.1) is 20.8 Å².